The van der Waals surface area contributed by atoms with Crippen molar-refractivity contribution in [3.05, 3.63) is 28.8 Å². The van der Waals surface area contributed by atoms with E-state index in [2.05, 4.69) is 10.6 Å². The van der Waals surface area contributed by atoms with Crippen LogP contribution in [-0.2, 0) is 4.79 Å². The average Bonchev–Trinajstić information content (AvgIpc) is 2.45. The van der Waals surface area contributed by atoms with Crippen molar-refractivity contribution in [2.24, 2.45) is 5.73 Å². The molecule has 1 atom stereocenters. The van der Waals surface area contributed by atoms with Gasteiger partial charge in [-0.3, -0.25) is 9.59 Å². The summed E-state index contributed by atoms with van der Waals surface area (Å²) >= 11 is 7.57. The molecule has 1 aromatic rings. The predicted molar refractivity (Wildman–Crippen MR) is 91.7 cm³/mol. The van der Waals surface area contributed by atoms with Gasteiger partial charge in [0.1, 0.15) is 0 Å². The Morgan fingerprint density at radius 3 is 2.67 bits per heavy atom. The Morgan fingerprint density at radius 2 is 2.10 bits per heavy atom. The summed E-state index contributed by atoms with van der Waals surface area (Å²) in [4.78, 5) is 23.5. The van der Waals surface area contributed by atoms with Crippen LogP contribution < -0.4 is 16.4 Å². The third-order valence-electron chi connectivity index (χ3n) is 2.68. The maximum atomic E-state index is 11.9. The smallest absolute Gasteiger partial charge is 0.252 e. The van der Waals surface area contributed by atoms with E-state index in [0.29, 0.717) is 22.7 Å². The van der Waals surface area contributed by atoms with E-state index in [9.17, 15) is 9.59 Å². The van der Waals surface area contributed by atoms with Crippen molar-refractivity contribution in [3.63, 3.8) is 0 Å². The first-order valence-electron chi connectivity index (χ1n) is 6.06. The Hall–Kier alpha value is -0.950. The van der Waals surface area contributed by atoms with Crippen LogP contribution >= 0.6 is 35.8 Å². The van der Waals surface area contributed by atoms with Gasteiger partial charge in [0.25, 0.3) is 5.91 Å². The Bertz CT molecular complexity index is 500. The van der Waals surface area contributed by atoms with E-state index in [4.69, 9.17) is 17.3 Å². The van der Waals surface area contributed by atoms with Crippen LogP contribution in [-0.4, -0.2) is 36.9 Å². The zero-order valence-corrected chi connectivity index (χ0v) is 14.2. The Labute approximate surface area is 139 Å². The SMILES string of the molecule is CNC(=O)c1cc(NC(=O)[C@@H](N)CCSC)ccc1Cl.Cl. The highest BCUT2D eigenvalue weighted by Gasteiger charge is 2.15. The van der Waals surface area contributed by atoms with Crippen molar-refractivity contribution in [3.8, 4) is 0 Å². The van der Waals surface area contributed by atoms with Gasteiger partial charge < -0.3 is 16.4 Å². The van der Waals surface area contributed by atoms with E-state index in [1.165, 1.54) is 13.1 Å². The second-order valence-electron chi connectivity index (χ2n) is 4.15. The van der Waals surface area contributed by atoms with Crippen molar-refractivity contribution in [2.75, 3.05) is 24.4 Å². The summed E-state index contributed by atoms with van der Waals surface area (Å²) in [6, 6.07) is 4.16. The predicted octanol–water partition coefficient (Wildman–Crippen LogP) is 2.14. The van der Waals surface area contributed by atoms with Crippen molar-refractivity contribution >= 4 is 53.3 Å². The maximum absolute atomic E-state index is 11.9. The van der Waals surface area contributed by atoms with E-state index in [0.717, 1.165) is 5.75 Å². The molecule has 0 unspecified atom stereocenters. The number of carbonyl (C=O) groups is 2. The number of thioether (sulfide) groups is 1. The van der Waals surface area contributed by atoms with Gasteiger partial charge in [-0.2, -0.15) is 11.8 Å². The highest BCUT2D eigenvalue weighted by Crippen LogP contribution is 2.20. The van der Waals surface area contributed by atoms with E-state index >= 15 is 0 Å². The second kappa shape index (κ2) is 9.89. The summed E-state index contributed by atoms with van der Waals surface area (Å²) in [5, 5.41) is 5.50. The van der Waals surface area contributed by atoms with E-state index < -0.39 is 6.04 Å². The fourth-order valence-corrected chi connectivity index (χ4v) is 2.22. The van der Waals surface area contributed by atoms with E-state index in [-0.39, 0.29) is 24.2 Å². The van der Waals surface area contributed by atoms with Gasteiger partial charge in [-0.1, -0.05) is 11.6 Å². The summed E-state index contributed by atoms with van der Waals surface area (Å²) < 4.78 is 0. The zero-order valence-electron chi connectivity index (χ0n) is 11.8. The van der Waals surface area contributed by atoms with Crippen molar-refractivity contribution < 1.29 is 9.59 Å². The normalized spacial score (nSPS) is 11.2. The molecule has 0 aliphatic carbocycles. The molecule has 5 nitrogen and oxygen atoms in total. The maximum Gasteiger partial charge on any atom is 0.252 e. The number of amides is 2. The Balaban J connectivity index is 0.00000400. The highest BCUT2D eigenvalue weighted by molar-refractivity contribution is 7.98. The van der Waals surface area contributed by atoms with Crippen LogP contribution in [0.25, 0.3) is 0 Å². The molecule has 0 aliphatic heterocycles. The molecule has 1 rings (SSSR count). The molecule has 0 bridgehead atoms. The standard InChI is InChI=1S/C13H18ClN3O2S.ClH/c1-16-12(18)9-7-8(3-4-10(9)14)17-13(19)11(15)5-6-20-2;/h3-4,7,11H,5-6,15H2,1-2H3,(H,16,18)(H,17,19);1H/t11-;/m0./s1. The van der Waals surface area contributed by atoms with Gasteiger partial charge in [0.2, 0.25) is 5.91 Å². The number of benzene rings is 1. The summed E-state index contributed by atoms with van der Waals surface area (Å²) in [5.41, 5.74) is 6.58. The molecule has 8 heteroatoms. The fraction of sp³-hybridized carbons (Fsp3) is 0.385. The molecule has 21 heavy (non-hydrogen) atoms. The number of nitrogens with two attached hydrogens (primary N) is 1. The van der Waals surface area contributed by atoms with Gasteiger partial charge in [-0.15, -0.1) is 12.4 Å². The third-order valence-corrected chi connectivity index (χ3v) is 3.65. The zero-order chi connectivity index (χ0) is 15.1. The lowest BCUT2D eigenvalue weighted by molar-refractivity contribution is -0.117. The fourth-order valence-electron chi connectivity index (χ4n) is 1.52. The minimum Gasteiger partial charge on any atom is -0.355 e. The topological polar surface area (TPSA) is 84.2 Å². The number of rotatable bonds is 6. The average molecular weight is 352 g/mol. The van der Waals surface area contributed by atoms with Gasteiger partial charge in [0, 0.05) is 12.7 Å². The minimum absolute atomic E-state index is 0. The monoisotopic (exact) mass is 351 g/mol. The van der Waals surface area contributed by atoms with Crippen LogP contribution in [0.15, 0.2) is 18.2 Å². The first kappa shape index (κ1) is 20.1. The summed E-state index contributed by atoms with van der Waals surface area (Å²) in [6.45, 7) is 0. The van der Waals surface area contributed by atoms with Gasteiger partial charge in [0.15, 0.2) is 0 Å². The molecule has 0 aliphatic rings. The van der Waals surface area contributed by atoms with Crippen molar-refractivity contribution in [1.29, 1.82) is 0 Å². The van der Waals surface area contributed by atoms with Crippen LogP contribution in [0, 0.1) is 0 Å². The minimum atomic E-state index is -0.568. The van der Waals surface area contributed by atoms with Crippen LogP contribution in [0.2, 0.25) is 5.02 Å². The number of halogens is 2. The number of nitrogens with one attached hydrogen (secondary N) is 2. The van der Waals surface area contributed by atoms with Crippen LogP contribution in [0.3, 0.4) is 0 Å². The molecular weight excluding hydrogens is 333 g/mol. The molecule has 2 amide bonds. The molecule has 118 valence electrons. The van der Waals surface area contributed by atoms with E-state index in [1.54, 1.807) is 23.9 Å². The molecule has 1 aromatic carbocycles. The van der Waals surface area contributed by atoms with Crippen LogP contribution in [0.4, 0.5) is 5.69 Å². The molecular formula is C13H19Cl2N3O2S. The van der Waals surface area contributed by atoms with Gasteiger partial charge in [0.05, 0.1) is 16.6 Å². The number of hydrogen-bond acceptors (Lipinski definition) is 4. The largest absolute Gasteiger partial charge is 0.355 e. The molecule has 0 saturated heterocycles. The van der Waals surface area contributed by atoms with Crippen molar-refractivity contribution in [2.45, 2.75) is 12.5 Å². The van der Waals surface area contributed by atoms with Crippen molar-refractivity contribution in [1.82, 2.24) is 5.32 Å². The molecule has 0 heterocycles. The van der Waals surface area contributed by atoms with Gasteiger partial charge in [-0.05, 0) is 36.6 Å². The Morgan fingerprint density at radius 1 is 1.43 bits per heavy atom. The summed E-state index contributed by atoms with van der Waals surface area (Å²) in [5.74, 6) is 0.237. The van der Waals surface area contributed by atoms with Crippen LogP contribution in [0.5, 0.6) is 0 Å². The summed E-state index contributed by atoms with van der Waals surface area (Å²) in [7, 11) is 1.52. The third kappa shape index (κ3) is 6.13. The summed E-state index contributed by atoms with van der Waals surface area (Å²) in [6.07, 6.45) is 2.56. The molecule has 0 radical (unpaired) electrons. The first-order valence-corrected chi connectivity index (χ1v) is 7.83. The van der Waals surface area contributed by atoms with Gasteiger partial charge in [-0.25, -0.2) is 0 Å². The lowest BCUT2D eigenvalue weighted by atomic mass is 10.1. The highest BCUT2D eigenvalue weighted by atomic mass is 35.5. The molecule has 0 fully saturated rings. The first-order chi connectivity index (χ1) is 9.49. The lowest BCUT2D eigenvalue weighted by Crippen LogP contribution is -2.36. The number of carbonyl (C=O) groups excluding carboxylic acids is 2. The van der Waals surface area contributed by atoms with Gasteiger partial charge >= 0.3 is 0 Å². The number of anilines is 1. The van der Waals surface area contributed by atoms with Crippen LogP contribution in [0.1, 0.15) is 16.8 Å². The quantitative estimate of drug-likeness (QED) is 0.732. The molecule has 0 saturated carbocycles. The molecule has 0 spiro atoms. The lowest BCUT2D eigenvalue weighted by Gasteiger charge is -2.12. The second-order valence-corrected chi connectivity index (χ2v) is 5.54. The molecule has 4 N–H and O–H groups in total. The number of hydrogen-bond donors (Lipinski definition) is 3. The van der Waals surface area contributed by atoms with E-state index in [1.807, 2.05) is 6.26 Å². The Kier molecular flexibility index (Phi) is 9.44. The molecule has 0 aromatic heterocycles.